The topological polar surface area (TPSA) is 122 Å². The molecule has 2 aromatic rings. The van der Waals surface area contributed by atoms with Gasteiger partial charge in [-0.05, 0) is 30.7 Å². The minimum Gasteiger partial charge on any atom is -0.457 e. The van der Waals surface area contributed by atoms with Crippen molar-refractivity contribution in [1.29, 1.82) is 0 Å². The van der Waals surface area contributed by atoms with Crippen LogP contribution in [0.1, 0.15) is 5.56 Å². The van der Waals surface area contributed by atoms with Crippen molar-refractivity contribution in [3.05, 3.63) is 68.9 Å². The molecule has 0 aromatic heterocycles. The minimum atomic E-state index is -0.633. The fourth-order valence-corrected chi connectivity index (χ4v) is 2.97. The predicted molar refractivity (Wildman–Crippen MR) is 105 cm³/mol. The minimum absolute atomic E-state index is 0.0578. The van der Waals surface area contributed by atoms with Crippen LogP contribution >= 0.6 is 11.6 Å². The van der Waals surface area contributed by atoms with Gasteiger partial charge in [0.1, 0.15) is 17.2 Å². The third-order valence-corrected chi connectivity index (χ3v) is 4.31. The highest BCUT2D eigenvalue weighted by Crippen LogP contribution is 2.33. The van der Waals surface area contributed by atoms with E-state index in [1.54, 1.807) is 25.1 Å². The number of nitrogens with zero attached hydrogens (tertiary/aromatic N) is 2. The summed E-state index contributed by atoms with van der Waals surface area (Å²) in [7, 11) is 0. The molecule has 29 heavy (non-hydrogen) atoms. The zero-order valence-corrected chi connectivity index (χ0v) is 16.0. The maximum atomic E-state index is 12.3. The van der Waals surface area contributed by atoms with Crippen LogP contribution in [0.4, 0.5) is 11.4 Å². The number of aliphatic hydroxyl groups excluding tert-OH is 1. The van der Waals surface area contributed by atoms with E-state index < -0.39 is 16.7 Å². The molecule has 2 amide bonds. The Kier molecular flexibility index (Phi) is 5.81. The average molecular weight is 418 g/mol. The van der Waals surface area contributed by atoms with Crippen LogP contribution in [-0.2, 0) is 9.59 Å². The SMILES string of the molecule is Cc1cc(Cl)ccc1Oc1cc(NC2=CC(=O)N(CCO)C2=O)cc([N+](=O)[O-])c1. The van der Waals surface area contributed by atoms with Crippen molar-refractivity contribution in [3.63, 3.8) is 0 Å². The summed E-state index contributed by atoms with van der Waals surface area (Å²) < 4.78 is 5.75. The number of hydrogen-bond donors (Lipinski definition) is 2. The van der Waals surface area contributed by atoms with Gasteiger partial charge in [0.25, 0.3) is 17.5 Å². The van der Waals surface area contributed by atoms with E-state index >= 15 is 0 Å². The van der Waals surface area contributed by atoms with Crippen LogP contribution < -0.4 is 10.1 Å². The van der Waals surface area contributed by atoms with Gasteiger partial charge in [-0.25, -0.2) is 0 Å². The molecule has 0 fully saturated rings. The Morgan fingerprint density at radius 2 is 2.00 bits per heavy atom. The highest BCUT2D eigenvalue weighted by atomic mass is 35.5. The van der Waals surface area contributed by atoms with E-state index in [-0.39, 0.29) is 36.0 Å². The third kappa shape index (κ3) is 4.53. The van der Waals surface area contributed by atoms with Gasteiger partial charge in [0.2, 0.25) is 0 Å². The van der Waals surface area contributed by atoms with E-state index in [2.05, 4.69) is 5.32 Å². The number of nitro groups is 1. The number of rotatable bonds is 7. The number of nitrogens with one attached hydrogen (secondary N) is 1. The molecule has 1 heterocycles. The molecule has 0 unspecified atom stereocenters. The summed E-state index contributed by atoms with van der Waals surface area (Å²) in [6.45, 7) is 1.27. The number of benzene rings is 2. The Morgan fingerprint density at radius 3 is 2.66 bits per heavy atom. The van der Waals surface area contributed by atoms with E-state index in [9.17, 15) is 19.7 Å². The molecule has 0 atom stereocenters. The second kappa shape index (κ2) is 8.29. The lowest BCUT2D eigenvalue weighted by molar-refractivity contribution is -0.384. The molecule has 150 valence electrons. The number of hydrogen-bond acceptors (Lipinski definition) is 7. The van der Waals surface area contributed by atoms with Crippen LogP contribution in [0.3, 0.4) is 0 Å². The van der Waals surface area contributed by atoms with Gasteiger partial charge >= 0.3 is 0 Å². The average Bonchev–Trinajstić information content (AvgIpc) is 2.91. The molecule has 0 saturated heterocycles. The smallest absolute Gasteiger partial charge is 0.277 e. The highest BCUT2D eigenvalue weighted by Gasteiger charge is 2.31. The molecule has 0 bridgehead atoms. The van der Waals surface area contributed by atoms with Gasteiger partial charge in [-0.3, -0.25) is 24.6 Å². The fraction of sp³-hybridized carbons (Fsp3) is 0.158. The number of carbonyl (C=O) groups is 2. The van der Waals surface area contributed by atoms with Gasteiger partial charge < -0.3 is 15.2 Å². The maximum Gasteiger partial charge on any atom is 0.277 e. The van der Waals surface area contributed by atoms with Crippen LogP contribution in [0.5, 0.6) is 11.5 Å². The van der Waals surface area contributed by atoms with E-state index in [0.29, 0.717) is 10.8 Å². The van der Waals surface area contributed by atoms with Gasteiger partial charge in [-0.2, -0.15) is 0 Å². The van der Waals surface area contributed by atoms with Gasteiger partial charge in [-0.1, -0.05) is 11.6 Å². The number of imide groups is 1. The lowest BCUT2D eigenvalue weighted by Gasteiger charge is -2.14. The Bertz CT molecular complexity index is 1040. The molecule has 0 aliphatic carbocycles. The van der Waals surface area contributed by atoms with Crippen LogP contribution in [0.2, 0.25) is 5.02 Å². The molecule has 1 aliphatic heterocycles. The first-order valence-electron chi connectivity index (χ1n) is 8.47. The summed E-state index contributed by atoms with van der Waals surface area (Å²) in [5.41, 5.74) is 0.607. The molecule has 10 heteroatoms. The van der Waals surface area contributed by atoms with Crippen molar-refractivity contribution in [2.75, 3.05) is 18.5 Å². The Hall–Kier alpha value is -3.43. The number of carbonyl (C=O) groups excluding carboxylic acids is 2. The number of nitro benzene ring substituents is 1. The van der Waals surface area contributed by atoms with E-state index in [1.807, 2.05) is 0 Å². The quantitative estimate of drug-likeness (QED) is 0.403. The number of halogens is 1. The van der Waals surface area contributed by atoms with Gasteiger partial charge in [0.15, 0.2) is 0 Å². The van der Waals surface area contributed by atoms with E-state index in [1.165, 1.54) is 18.2 Å². The van der Waals surface area contributed by atoms with Crippen molar-refractivity contribution in [1.82, 2.24) is 4.90 Å². The molecule has 3 rings (SSSR count). The normalized spacial score (nSPS) is 13.5. The Morgan fingerprint density at radius 1 is 1.24 bits per heavy atom. The zero-order chi connectivity index (χ0) is 21.1. The van der Waals surface area contributed by atoms with Crippen LogP contribution in [0.25, 0.3) is 0 Å². The van der Waals surface area contributed by atoms with E-state index in [0.717, 1.165) is 16.5 Å². The van der Waals surface area contributed by atoms with Crippen molar-refractivity contribution in [2.24, 2.45) is 0 Å². The summed E-state index contributed by atoms with van der Waals surface area (Å²) in [5, 5.41) is 23.5. The monoisotopic (exact) mass is 417 g/mol. The van der Waals surface area contributed by atoms with Crippen LogP contribution in [0, 0.1) is 17.0 Å². The van der Waals surface area contributed by atoms with Crippen molar-refractivity contribution in [2.45, 2.75) is 6.92 Å². The van der Waals surface area contributed by atoms with Gasteiger partial charge in [-0.15, -0.1) is 0 Å². The van der Waals surface area contributed by atoms with Gasteiger partial charge in [0.05, 0.1) is 24.1 Å². The summed E-state index contributed by atoms with van der Waals surface area (Å²) in [5.74, 6) is -0.588. The predicted octanol–water partition coefficient (Wildman–Crippen LogP) is 3.01. The first-order valence-corrected chi connectivity index (χ1v) is 8.85. The maximum absolute atomic E-state index is 12.3. The first kappa shape index (κ1) is 20.3. The second-order valence-electron chi connectivity index (χ2n) is 6.19. The number of β-amino-alcohol motifs (C(OH)–C–C–N with tert-alkyl or cyclic N) is 1. The lowest BCUT2D eigenvalue weighted by atomic mass is 10.2. The zero-order valence-electron chi connectivity index (χ0n) is 15.2. The van der Waals surface area contributed by atoms with E-state index in [4.69, 9.17) is 21.4 Å². The molecule has 1 aliphatic rings. The number of ether oxygens (including phenoxy) is 1. The van der Waals surface area contributed by atoms with Gasteiger partial charge in [0, 0.05) is 28.9 Å². The van der Waals surface area contributed by atoms with Crippen LogP contribution in [0.15, 0.2) is 48.2 Å². The molecule has 0 saturated carbocycles. The number of anilines is 1. The van der Waals surface area contributed by atoms with Crippen molar-refractivity contribution < 1.29 is 24.4 Å². The fourth-order valence-electron chi connectivity index (χ4n) is 2.74. The molecule has 2 N–H and O–H groups in total. The molecule has 2 aromatic carbocycles. The Balaban J connectivity index is 1.90. The largest absolute Gasteiger partial charge is 0.457 e. The summed E-state index contributed by atoms with van der Waals surface area (Å²) in [6, 6.07) is 8.88. The number of aryl methyl sites for hydroxylation is 1. The molecule has 9 nitrogen and oxygen atoms in total. The lowest BCUT2D eigenvalue weighted by Crippen LogP contribution is -2.34. The van der Waals surface area contributed by atoms with Crippen LogP contribution in [-0.4, -0.2) is 39.9 Å². The molecular weight excluding hydrogens is 402 g/mol. The molecule has 0 radical (unpaired) electrons. The number of non-ortho nitro benzene ring substituents is 1. The number of aliphatic hydroxyl groups is 1. The van der Waals surface area contributed by atoms with Crippen molar-refractivity contribution >= 4 is 34.8 Å². The number of amides is 2. The standard InChI is InChI=1S/C19H16ClN3O6/c1-11-6-12(20)2-3-17(11)29-15-8-13(7-14(9-15)23(27)28)21-16-10-18(25)22(4-5-24)19(16)26/h2-3,6-10,21,24H,4-5H2,1H3. The molecule has 0 spiro atoms. The first-order chi connectivity index (χ1) is 13.8. The Labute approximate surface area is 170 Å². The van der Waals surface area contributed by atoms with Crippen molar-refractivity contribution in [3.8, 4) is 11.5 Å². The summed E-state index contributed by atoms with van der Waals surface area (Å²) in [6.07, 6.45) is 1.07. The second-order valence-corrected chi connectivity index (χ2v) is 6.62. The third-order valence-electron chi connectivity index (χ3n) is 4.08. The summed E-state index contributed by atoms with van der Waals surface area (Å²) in [4.78, 5) is 35.7. The highest BCUT2D eigenvalue weighted by molar-refractivity contribution is 6.30. The molecular formula is C19H16ClN3O6. The summed E-state index contributed by atoms with van der Waals surface area (Å²) >= 11 is 5.93.